The van der Waals surface area contributed by atoms with Gasteiger partial charge in [0.25, 0.3) is 11.8 Å². The summed E-state index contributed by atoms with van der Waals surface area (Å²) in [6.07, 6.45) is 1.82. The lowest BCUT2D eigenvalue weighted by atomic mass is 10.2. The Bertz CT molecular complexity index is 1590. The molecule has 0 atom stereocenters. The molecular formula is C30H36N8O6S. The van der Waals surface area contributed by atoms with Gasteiger partial charge in [-0.1, -0.05) is 4.49 Å². The number of rotatable bonds is 6. The second-order valence-electron chi connectivity index (χ2n) is 11.5. The standard InChI is InChI=1S/C15H18N4O3S.C15H18N4O3/c1-9-12(18-19-23-9)13(20)16-10-5-7-11(8-6-10)17-14(21)22-15(2,3)4;1-15(2,3)22-14(21)19-11-6-4-10(5-7-11)18-13(20)12-8-16-9-17-12/h5-8H,1-4H3,(H,16,20)(H,17,21);4-9H,1-3H3,(H,16,17)(H,18,20)(H,19,21). The van der Waals surface area contributed by atoms with Crippen LogP contribution in [0.15, 0.2) is 61.1 Å². The van der Waals surface area contributed by atoms with Crippen LogP contribution in [0.2, 0.25) is 0 Å². The Labute approximate surface area is 264 Å². The van der Waals surface area contributed by atoms with E-state index in [2.05, 4.69) is 40.8 Å². The molecule has 0 saturated heterocycles. The van der Waals surface area contributed by atoms with Crippen LogP contribution in [0, 0.1) is 6.92 Å². The van der Waals surface area contributed by atoms with Gasteiger partial charge in [-0.2, -0.15) is 0 Å². The third-order valence-electron chi connectivity index (χ3n) is 5.19. The van der Waals surface area contributed by atoms with E-state index < -0.39 is 23.4 Å². The maximum absolute atomic E-state index is 12.0. The highest BCUT2D eigenvalue weighted by Crippen LogP contribution is 2.18. The van der Waals surface area contributed by atoms with E-state index in [4.69, 9.17) is 9.47 Å². The van der Waals surface area contributed by atoms with Crippen LogP contribution in [0.3, 0.4) is 0 Å². The van der Waals surface area contributed by atoms with Crippen LogP contribution in [-0.4, -0.2) is 54.8 Å². The molecule has 0 radical (unpaired) electrons. The lowest BCUT2D eigenvalue weighted by molar-refractivity contribution is 0.0624. The van der Waals surface area contributed by atoms with Crippen molar-refractivity contribution in [3.05, 3.63) is 77.3 Å². The number of hydrogen-bond donors (Lipinski definition) is 5. The normalized spacial score (nSPS) is 10.9. The molecule has 0 fully saturated rings. The molecule has 5 N–H and O–H groups in total. The van der Waals surface area contributed by atoms with E-state index in [1.165, 1.54) is 24.1 Å². The number of nitrogens with one attached hydrogen (secondary N) is 5. The minimum absolute atomic E-state index is 0.287. The molecule has 15 heteroatoms. The van der Waals surface area contributed by atoms with Gasteiger partial charge in [0.15, 0.2) is 5.69 Å². The highest BCUT2D eigenvalue weighted by atomic mass is 32.1. The SMILES string of the molecule is CC(C)(C)OC(=O)Nc1ccc(NC(=O)c2cnc[nH]2)cc1.Cc1snnc1C(=O)Nc1ccc(NC(=O)OC(C)(C)C)cc1. The first kappa shape index (κ1) is 34.2. The van der Waals surface area contributed by atoms with Gasteiger partial charge in [-0.3, -0.25) is 20.2 Å². The van der Waals surface area contributed by atoms with E-state index in [0.29, 0.717) is 34.1 Å². The number of carbonyl (C=O) groups is 4. The van der Waals surface area contributed by atoms with Crippen molar-refractivity contribution in [2.24, 2.45) is 0 Å². The molecule has 14 nitrogen and oxygen atoms in total. The molecule has 4 rings (SSSR count). The lowest BCUT2D eigenvalue weighted by Gasteiger charge is -2.19. The van der Waals surface area contributed by atoms with Crippen LogP contribution in [0.1, 0.15) is 67.4 Å². The summed E-state index contributed by atoms with van der Waals surface area (Å²) in [5.41, 5.74) is 1.92. The maximum Gasteiger partial charge on any atom is 0.412 e. The van der Waals surface area contributed by atoms with Gasteiger partial charge >= 0.3 is 12.2 Å². The predicted octanol–water partition coefficient (Wildman–Crippen LogP) is 6.45. The van der Waals surface area contributed by atoms with Gasteiger partial charge in [0.05, 0.1) is 17.4 Å². The number of H-pyrrole nitrogens is 1. The average Bonchev–Trinajstić information content (AvgIpc) is 3.61. The highest BCUT2D eigenvalue weighted by molar-refractivity contribution is 7.05. The van der Waals surface area contributed by atoms with Crippen LogP contribution in [0.25, 0.3) is 0 Å². The van der Waals surface area contributed by atoms with Crippen molar-refractivity contribution in [3.8, 4) is 0 Å². The number of aromatic nitrogens is 4. The number of imidazole rings is 1. The molecule has 0 bridgehead atoms. The summed E-state index contributed by atoms with van der Waals surface area (Å²) in [6, 6.07) is 13.4. The van der Waals surface area contributed by atoms with Crippen molar-refractivity contribution in [2.45, 2.75) is 59.7 Å². The average molecular weight is 637 g/mol. The molecule has 2 aromatic carbocycles. The highest BCUT2D eigenvalue weighted by Gasteiger charge is 2.18. The predicted molar refractivity (Wildman–Crippen MR) is 172 cm³/mol. The number of anilines is 4. The fourth-order valence-electron chi connectivity index (χ4n) is 3.33. The molecule has 0 spiro atoms. The second-order valence-corrected chi connectivity index (χ2v) is 12.4. The molecule has 4 amide bonds. The number of ether oxygens (including phenoxy) is 2. The molecule has 4 aromatic rings. The minimum atomic E-state index is -0.558. The zero-order chi connectivity index (χ0) is 33.2. The fourth-order valence-corrected chi connectivity index (χ4v) is 3.79. The Balaban J connectivity index is 0.000000246. The molecule has 2 aromatic heterocycles. The molecule has 0 unspecified atom stereocenters. The van der Waals surface area contributed by atoms with Crippen molar-refractivity contribution in [1.29, 1.82) is 0 Å². The Morgan fingerprint density at radius 2 is 1.11 bits per heavy atom. The largest absolute Gasteiger partial charge is 0.444 e. The number of amides is 4. The van der Waals surface area contributed by atoms with Crippen LogP contribution in [-0.2, 0) is 9.47 Å². The quantitative estimate of drug-likeness (QED) is 0.158. The first-order valence-corrected chi connectivity index (χ1v) is 14.5. The first-order valence-electron chi connectivity index (χ1n) is 13.7. The Kier molecular flexibility index (Phi) is 11.3. The number of carbonyl (C=O) groups excluding carboxylic acids is 4. The summed E-state index contributed by atoms with van der Waals surface area (Å²) >= 11 is 1.17. The number of aromatic amines is 1. The Hall–Kier alpha value is -5.31. The summed E-state index contributed by atoms with van der Waals surface area (Å²) < 4.78 is 14.0. The van der Waals surface area contributed by atoms with Gasteiger partial charge in [-0.15, -0.1) is 5.10 Å². The van der Waals surface area contributed by atoms with Gasteiger partial charge < -0.3 is 25.1 Å². The van der Waals surface area contributed by atoms with E-state index >= 15 is 0 Å². The molecular weight excluding hydrogens is 600 g/mol. The second kappa shape index (κ2) is 14.9. The van der Waals surface area contributed by atoms with Crippen LogP contribution < -0.4 is 21.3 Å². The lowest BCUT2D eigenvalue weighted by Crippen LogP contribution is -2.27. The molecule has 0 aliphatic heterocycles. The van der Waals surface area contributed by atoms with Gasteiger partial charge in [0, 0.05) is 22.7 Å². The summed E-state index contributed by atoms with van der Waals surface area (Å²) in [6.45, 7) is 12.5. The molecule has 0 saturated carbocycles. The van der Waals surface area contributed by atoms with Gasteiger partial charge in [0.1, 0.15) is 16.9 Å². The number of aryl methyl sites for hydroxylation is 1. The third-order valence-corrected chi connectivity index (χ3v) is 5.82. The van der Waals surface area contributed by atoms with Crippen LogP contribution in [0.4, 0.5) is 32.3 Å². The maximum atomic E-state index is 12.0. The number of benzene rings is 2. The third kappa shape index (κ3) is 12.1. The number of nitrogens with zero attached hydrogens (tertiary/aromatic N) is 3. The van der Waals surface area contributed by atoms with E-state index in [1.54, 1.807) is 97.0 Å². The minimum Gasteiger partial charge on any atom is -0.444 e. The van der Waals surface area contributed by atoms with E-state index in [9.17, 15) is 19.2 Å². The molecule has 2 heterocycles. The van der Waals surface area contributed by atoms with E-state index in [1.807, 2.05) is 0 Å². The van der Waals surface area contributed by atoms with Crippen LogP contribution >= 0.6 is 11.5 Å². The molecule has 45 heavy (non-hydrogen) atoms. The smallest absolute Gasteiger partial charge is 0.412 e. The molecule has 238 valence electrons. The Morgan fingerprint density at radius 3 is 1.47 bits per heavy atom. The zero-order valence-corrected chi connectivity index (χ0v) is 26.8. The van der Waals surface area contributed by atoms with Crippen LogP contribution in [0.5, 0.6) is 0 Å². The molecule has 0 aliphatic rings. The summed E-state index contributed by atoms with van der Waals surface area (Å²) in [5.74, 6) is -0.602. The topological polar surface area (TPSA) is 189 Å². The van der Waals surface area contributed by atoms with Crippen molar-refractivity contribution >= 4 is 58.3 Å². The summed E-state index contributed by atoms with van der Waals surface area (Å²) in [4.78, 5) is 54.4. The monoisotopic (exact) mass is 636 g/mol. The van der Waals surface area contributed by atoms with Gasteiger partial charge in [-0.05, 0) is 109 Å². The zero-order valence-electron chi connectivity index (χ0n) is 26.0. The first-order chi connectivity index (χ1) is 21.1. The van der Waals surface area contributed by atoms with Gasteiger partial charge in [-0.25, -0.2) is 14.6 Å². The fraction of sp³-hybridized carbons (Fsp3) is 0.300. The number of hydrogen-bond acceptors (Lipinski definition) is 10. The van der Waals surface area contributed by atoms with Crippen molar-refractivity contribution in [2.75, 3.05) is 21.3 Å². The summed E-state index contributed by atoms with van der Waals surface area (Å²) in [5, 5.41) is 14.5. The van der Waals surface area contributed by atoms with Crippen molar-refractivity contribution in [1.82, 2.24) is 19.6 Å². The van der Waals surface area contributed by atoms with E-state index in [-0.39, 0.29) is 11.8 Å². The van der Waals surface area contributed by atoms with E-state index in [0.717, 1.165) is 4.88 Å². The molecule has 0 aliphatic carbocycles. The summed E-state index contributed by atoms with van der Waals surface area (Å²) in [7, 11) is 0. The van der Waals surface area contributed by atoms with Gasteiger partial charge in [0.2, 0.25) is 0 Å². The van der Waals surface area contributed by atoms with Crippen molar-refractivity contribution < 1.29 is 28.7 Å². The Morgan fingerprint density at radius 1 is 0.689 bits per heavy atom. The van der Waals surface area contributed by atoms with Crippen molar-refractivity contribution in [3.63, 3.8) is 0 Å².